The summed E-state index contributed by atoms with van der Waals surface area (Å²) in [6.45, 7) is 9.98. The number of halogens is 1. The summed E-state index contributed by atoms with van der Waals surface area (Å²) < 4.78 is 11.3. The molecule has 1 fully saturated rings. The third kappa shape index (κ3) is 6.84. The lowest BCUT2D eigenvalue weighted by atomic mass is 10.0. The van der Waals surface area contributed by atoms with Crippen LogP contribution in [0.25, 0.3) is 0 Å². The van der Waals surface area contributed by atoms with Crippen molar-refractivity contribution in [1.82, 2.24) is 10.6 Å². The van der Waals surface area contributed by atoms with Crippen molar-refractivity contribution in [2.24, 2.45) is 4.99 Å². The average molecular weight is 447 g/mol. The zero-order chi connectivity index (χ0) is 16.5. The molecule has 136 valence electrons. The van der Waals surface area contributed by atoms with Gasteiger partial charge in [0.15, 0.2) is 5.96 Å². The van der Waals surface area contributed by atoms with E-state index >= 15 is 0 Å². The van der Waals surface area contributed by atoms with E-state index in [9.17, 15) is 0 Å². The predicted molar refractivity (Wildman–Crippen MR) is 109 cm³/mol. The molecule has 5 nitrogen and oxygen atoms in total. The standard InChI is InChI=1S/C18H29N3O2.HI/c1-4-19-17(21-14-18(3)10-7-11-23-18)20-13-15-8-6-9-16(12-15)22-5-2;/h6,8-9,12H,4-5,7,10-11,13-14H2,1-3H3,(H2,19,20,21);1H. The quantitative estimate of drug-likeness (QED) is 0.383. The van der Waals surface area contributed by atoms with Crippen molar-refractivity contribution >= 4 is 29.9 Å². The SMILES string of the molecule is CCNC(=NCc1cccc(OCC)c1)NCC1(C)CCCO1.I. The fourth-order valence-electron chi connectivity index (χ4n) is 2.66. The molecule has 1 atom stereocenters. The number of hydrogen-bond acceptors (Lipinski definition) is 3. The lowest BCUT2D eigenvalue weighted by molar-refractivity contribution is 0.0243. The molecule has 0 aliphatic carbocycles. The van der Waals surface area contributed by atoms with Crippen LogP contribution in [0.1, 0.15) is 39.2 Å². The Labute approximate surface area is 162 Å². The first kappa shape index (κ1) is 21.0. The van der Waals surface area contributed by atoms with Crippen LogP contribution in [0.5, 0.6) is 5.75 Å². The molecule has 2 N–H and O–H groups in total. The molecule has 0 bridgehead atoms. The summed E-state index contributed by atoms with van der Waals surface area (Å²) in [5.41, 5.74) is 1.06. The van der Waals surface area contributed by atoms with Gasteiger partial charge in [0, 0.05) is 19.7 Å². The molecule has 24 heavy (non-hydrogen) atoms. The first-order valence-corrected chi connectivity index (χ1v) is 8.53. The normalized spacial score (nSPS) is 20.4. The monoisotopic (exact) mass is 447 g/mol. The molecular formula is C18H30IN3O2. The van der Waals surface area contributed by atoms with E-state index < -0.39 is 0 Å². The van der Waals surface area contributed by atoms with Gasteiger partial charge in [0.25, 0.3) is 0 Å². The number of nitrogens with one attached hydrogen (secondary N) is 2. The van der Waals surface area contributed by atoms with E-state index in [2.05, 4.69) is 35.5 Å². The zero-order valence-electron chi connectivity index (χ0n) is 14.9. The number of rotatable bonds is 7. The number of nitrogens with zero attached hydrogens (tertiary/aromatic N) is 1. The van der Waals surface area contributed by atoms with Crippen molar-refractivity contribution < 1.29 is 9.47 Å². The highest BCUT2D eigenvalue weighted by Gasteiger charge is 2.29. The topological polar surface area (TPSA) is 54.9 Å². The third-order valence-electron chi connectivity index (χ3n) is 3.90. The molecule has 1 unspecified atom stereocenters. The predicted octanol–water partition coefficient (Wildman–Crippen LogP) is 3.33. The molecule has 6 heteroatoms. The Kier molecular flexibility index (Phi) is 9.43. The average Bonchev–Trinajstić information content (AvgIpc) is 2.98. The van der Waals surface area contributed by atoms with Crippen LogP contribution in [0.15, 0.2) is 29.3 Å². The Morgan fingerprint density at radius 3 is 2.83 bits per heavy atom. The van der Waals surface area contributed by atoms with Crippen LogP contribution < -0.4 is 15.4 Å². The Morgan fingerprint density at radius 2 is 2.17 bits per heavy atom. The van der Waals surface area contributed by atoms with E-state index in [1.165, 1.54) is 0 Å². The van der Waals surface area contributed by atoms with Crippen LogP contribution >= 0.6 is 24.0 Å². The summed E-state index contributed by atoms with van der Waals surface area (Å²) >= 11 is 0. The van der Waals surface area contributed by atoms with Gasteiger partial charge >= 0.3 is 0 Å². The van der Waals surface area contributed by atoms with E-state index in [1.807, 2.05) is 25.1 Å². The van der Waals surface area contributed by atoms with Gasteiger partial charge in [-0.3, -0.25) is 0 Å². The molecule has 0 aromatic heterocycles. The third-order valence-corrected chi connectivity index (χ3v) is 3.90. The van der Waals surface area contributed by atoms with Crippen LogP contribution in [0.4, 0.5) is 0 Å². The minimum atomic E-state index is -0.0783. The van der Waals surface area contributed by atoms with Gasteiger partial charge in [0.05, 0.1) is 18.8 Å². The number of benzene rings is 1. The molecule has 2 rings (SSSR count). The van der Waals surface area contributed by atoms with Gasteiger partial charge in [-0.25, -0.2) is 4.99 Å². The van der Waals surface area contributed by atoms with E-state index in [0.717, 1.165) is 49.8 Å². The molecule has 1 heterocycles. The summed E-state index contributed by atoms with van der Waals surface area (Å²) in [7, 11) is 0. The highest BCUT2D eigenvalue weighted by atomic mass is 127. The Morgan fingerprint density at radius 1 is 1.33 bits per heavy atom. The van der Waals surface area contributed by atoms with E-state index in [4.69, 9.17) is 9.47 Å². The molecule has 1 saturated heterocycles. The Bertz CT molecular complexity index is 517. The van der Waals surface area contributed by atoms with Gasteiger partial charge < -0.3 is 20.1 Å². The lowest BCUT2D eigenvalue weighted by Crippen LogP contribution is -2.45. The van der Waals surface area contributed by atoms with Gasteiger partial charge in [0.1, 0.15) is 5.75 Å². The smallest absolute Gasteiger partial charge is 0.191 e. The minimum Gasteiger partial charge on any atom is -0.494 e. The Hall–Kier alpha value is -1.02. The van der Waals surface area contributed by atoms with Crippen LogP contribution in [-0.2, 0) is 11.3 Å². The first-order valence-electron chi connectivity index (χ1n) is 8.53. The fraction of sp³-hybridized carbons (Fsp3) is 0.611. The second-order valence-electron chi connectivity index (χ2n) is 6.03. The molecule has 0 amide bonds. The van der Waals surface area contributed by atoms with Gasteiger partial charge in [-0.05, 0) is 51.3 Å². The van der Waals surface area contributed by atoms with Crippen LogP contribution in [-0.4, -0.2) is 37.9 Å². The number of hydrogen-bond donors (Lipinski definition) is 2. The van der Waals surface area contributed by atoms with Crippen molar-refractivity contribution in [3.63, 3.8) is 0 Å². The number of aliphatic imine (C=N–C) groups is 1. The van der Waals surface area contributed by atoms with Crippen LogP contribution in [0.2, 0.25) is 0 Å². The largest absolute Gasteiger partial charge is 0.494 e. The van der Waals surface area contributed by atoms with E-state index in [0.29, 0.717) is 13.2 Å². The number of guanidine groups is 1. The summed E-state index contributed by atoms with van der Waals surface area (Å²) in [6.07, 6.45) is 2.23. The Balaban J connectivity index is 0.00000288. The number of ether oxygens (including phenoxy) is 2. The van der Waals surface area contributed by atoms with E-state index in [1.54, 1.807) is 0 Å². The van der Waals surface area contributed by atoms with Crippen LogP contribution in [0.3, 0.4) is 0 Å². The highest BCUT2D eigenvalue weighted by Crippen LogP contribution is 2.23. The molecule has 1 aliphatic heterocycles. The molecule has 1 aromatic carbocycles. The second kappa shape index (κ2) is 10.8. The zero-order valence-corrected chi connectivity index (χ0v) is 17.3. The lowest BCUT2D eigenvalue weighted by Gasteiger charge is -2.24. The summed E-state index contributed by atoms with van der Waals surface area (Å²) in [6, 6.07) is 8.08. The summed E-state index contributed by atoms with van der Waals surface area (Å²) in [5, 5.41) is 6.68. The van der Waals surface area contributed by atoms with Gasteiger partial charge in [-0.1, -0.05) is 12.1 Å². The van der Waals surface area contributed by atoms with Gasteiger partial charge in [-0.2, -0.15) is 0 Å². The van der Waals surface area contributed by atoms with Crippen molar-refractivity contribution in [2.45, 2.75) is 45.8 Å². The molecule has 0 radical (unpaired) electrons. The fourth-order valence-corrected chi connectivity index (χ4v) is 2.66. The highest BCUT2D eigenvalue weighted by molar-refractivity contribution is 14.0. The van der Waals surface area contributed by atoms with Crippen molar-refractivity contribution in [3.8, 4) is 5.75 Å². The minimum absolute atomic E-state index is 0. The molecule has 0 spiro atoms. The van der Waals surface area contributed by atoms with Crippen molar-refractivity contribution in [1.29, 1.82) is 0 Å². The molecular weight excluding hydrogens is 417 g/mol. The maximum atomic E-state index is 5.81. The summed E-state index contributed by atoms with van der Waals surface area (Å²) in [5.74, 6) is 1.72. The second-order valence-corrected chi connectivity index (χ2v) is 6.03. The van der Waals surface area contributed by atoms with Gasteiger partial charge in [-0.15, -0.1) is 24.0 Å². The molecule has 1 aliphatic rings. The summed E-state index contributed by atoms with van der Waals surface area (Å²) in [4.78, 5) is 4.66. The molecule has 0 saturated carbocycles. The maximum absolute atomic E-state index is 5.81. The van der Waals surface area contributed by atoms with E-state index in [-0.39, 0.29) is 29.6 Å². The van der Waals surface area contributed by atoms with Crippen molar-refractivity contribution in [3.05, 3.63) is 29.8 Å². The molecule has 1 aromatic rings. The van der Waals surface area contributed by atoms with Gasteiger partial charge in [0.2, 0.25) is 0 Å². The first-order chi connectivity index (χ1) is 11.1. The van der Waals surface area contributed by atoms with Crippen LogP contribution in [0, 0.1) is 0 Å². The maximum Gasteiger partial charge on any atom is 0.191 e. The van der Waals surface area contributed by atoms with Crippen molar-refractivity contribution in [2.75, 3.05) is 26.3 Å².